The van der Waals surface area contributed by atoms with Gasteiger partial charge in [0, 0.05) is 18.0 Å². The molecule has 0 heterocycles. The van der Waals surface area contributed by atoms with Crippen LogP contribution in [0.2, 0.25) is 10.0 Å². The van der Waals surface area contributed by atoms with Crippen LogP contribution in [0.4, 0.5) is 11.4 Å². The van der Waals surface area contributed by atoms with Crippen LogP contribution in [0.15, 0.2) is 36.4 Å². The molecular weight excluding hydrogens is 403 g/mol. The highest BCUT2D eigenvalue weighted by atomic mass is 35.5. The molecular formula is C20H20Cl2N2O4. The lowest BCUT2D eigenvalue weighted by molar-refractivity contribution is -0.114. The van der Waals surface area contributed by atoms with Gasteiger partial charge in [-0.15, -0.1) is 0 Å². The van der Waals surface area contributed by atoms with E-state index in [1.807, 2.05) is 6.92 Å². The number of ether oxygens (including phenoxy) is 2. The molecule has 28 heavy (non-hydrogen) atoms. The number of rotatable bonds is 7. The number of halogens is 2. The summed E-state index contributed by atoms with van der Waals surface area (Å²) >= 11 is 12.2. The summed E-state index contributed by atoms with van der Waals surface area (Å²) in [5.41, 5.74) is 1.50. The fourth-order valence-corrected chi connectivity index (χ4v) is 2.88. The Balaban J connectivity index is 2.21. The van der Waals surface area contributed by atoms with Crippen LogP contribution >= 0.6 is 23.2 Å². The number of carbonyl (C=O) groups is 2. The van der Waals surface area contributed by atoms with Crippen LogP contribution in [0.3, 0.4) is 0 Å². The molecule has 2 aromatic rings. The minimum atomic E-state index is -0.404. The first kappa shape index (κ1) is 21.6. The van der Waals surface area contributed by atoms with E-state index in [-0.39, 0.29) is 5.91 Å². The molecule has 2 rings (SSSR count). The molecule has 0 saturated carbocycles. The molecule has 2 amide bonds. The minimum absolute atomic E-state index is 0.260. The lowest BCUT2D eigenvalue weighted by Gasteiger charge is -2.12. The molecule has 0 aliphatic heterocycles. The average Bonchev–Trinajstić information content (AvgIpc) is 2.62. The maximum Gasteiger partial charge on any atom is 0.248 e. The second-order valence-corrected chi connectivity index (χ2v) is 6.50. The number of hydrogen-bond acceptors (Lipinski definition) is 4. The molecule has 0 aromatic heterocycles. The highest BCUT2D eigenvalue weighted by molar-refractivity contribution is 6.32. The molecule has 0 radical (unpaired) electrons. The number of nitrogens with one attached hydrogen (secondary N) is 2. The fraction of sp³-hybridized carbons (Fsp3) is 0.200. The van der Waals surface area contributed by atoms with Gasteiger partial charge in [-0.2, -0.15) is 0 Å². The Bertz CT molecular complexity index is 913. The van der Waals surface area contributed by atoms with E-state index in [9.17, 15) is 9.59 Å². The van der Waals surface area contributed by atoms with Gasteiger partial charge >= 0.3 is 0 Å². The Morgan fingerprint density at radius 3 is 2.50 bits per heavy atom. The number of amides is 2. The first-order valence-electron chi connectivity index (χ1n) is 8.40. The molecule has 0 fully saturated rings. The summed E-state index contributed by atoms with van der Waals surface area (Å²) in [6, 6.07) is 8.17. The van der Waals surface area contributed by atoms with E-state index in [4.69, 9.17) is 32.7 Å². The maximum atomic E-state index is 12.3. The Hall–Kier alpha value is -2.70. The van der Waals surface area contributed by atoms with Crippen LogP contribution in [0.25, 0.3) is 6.08 Å². The quantitative estimate of drug-likeness (QED) is 0.614. The minimum Gasteiger partial charge on any atom is -0.491 e. The molecule has 0 unspecified atom stereocenters. The van der Waals surface area contributed by atoms with Gasteiger partial charge in [0.05, 0.1) is 30.1 Å². The third kappa shape index (κ3) is 5.90. The molecule has 2 N–H and O–H groups in total. The monoisotopic (exact) mass is 422 g/mol. The summed E-state index contributed by atoms with van der Waals surface area (Å²) in [5, 5.41) is 6.13. The van der Waals surface area contributed by atoms with Gasteiger partial charge in [-0.05, 0) is 48.9 Å². The van der Waals surface area contributed by atoms with Crippen LogP contribution < -0.4 is 20.1 Å². The lowest BCUT2D eigenvalue weighted by atomic mass is 10.2. The Labute approximate surface area is 173 Å². The molecule has 6 nitrogen and oxygen atoms in total. The summed E-state index contributed by atoms with van der Waals surface area (Å²) in [5.74, 6) is 0.257. The van der Waals surface area contributed by atoms with Gasteiger partial charge in [0.2, 0.25) is 11.8 Å². The van der Waals surface area contributed by atoms with Gasteiger partial charge in [0.15, 0.2) is 11.5 Å². The highest BCUT2D eigenvalue weighted by Gasteiger charge is 2.11. The second-order valence-electron chi connectivity index (χ2n) is 5.66. The fourth-order valence-electron chi connectivity index (χ4n) is 2.41. The predicted molar refractivity (Wildman–Crippen MR) is 113 cm³/mol. The topological polar surface area (TPSA) is 76.7 Å². The van der Waals surface area contributed by atoms with Crippen LogP contribution in [0.1, 0.15) is 19.4 Å². The van der Waals surface area contributed by atoms with E-state index >= 15 is 0 Å². The van der Waals surface area contributed by atoms with Crippen molar-refractivity contribution in [2.24, 2.45) is 0 Å². The number of carbonyl (C=O) groups excluding carboxylic acids is 2. The van der Waals surface area contributed by atoms with Crippen LogP contribution in [0, 0.1) is 0 Å². The van der Waals surface area contributed by atoms with Gasteiger partial charge in [-0.25, -0.2) is 0 Å². The molecule has 148 valence electrons. The van der Waals surface area contributed by atoms with E-state index in [1.165, 1.54) is 20.1 Å². The van der Waals surface area contributed by atoms with Crippen molar-refractivity contribution in [3.63, 3.8) is 0 Å². The number of methoxy groups -OCH3 is 1. The highest BCUT2D eigenvalue weighted by Crippen LogP contribution is 2.36. The molecule has 0 aliphatic rings. The predicted octanol–water partition coefficient (Wildman–Crippen LogP) is 5.01. The van der Waals surface area contributed by atoms with Crippen molar-refractivity contribution in [3.8, 4) is 11.5 Å². The summed E-state index contributed by atoms with van der Waals surface area (Å²) in [7, 11) is 1.50. The first-order chi connectivity index (χ1) is 13.3. The lowest BCUT2D eigenvalue weighted by Crippen LogP contribution is -2.13. The van der Waals surface area contributed by atoms with Gasteiger partial charge in [-0.3, -0.25) is 9.59 Å². The normalized spacial score (nSPS) is 10.6. The summed E-state index contributed by atoms with van der Waals surface area (Å²) in [4.78, 5) is 23.6. The molecule has 2 aromatic carbocycles. The maximum absolute atomic E-state index is 12.3. The zero-order valence-corrected chi connectivity index (χ0v) is 17.1. The zero-order valence-electron chi connectivity index (χ0n) is 15.6. The number of hydrogen-bond donors (Lipinski definition) is 2. The number of anilines is 2. The van der Waals surface area contributed by atoms with E-state index in [2.05, 4.69) is 10.6 Å². The van der Waals surface area contributed by atoms with Crippen molar-refractivity contribution >= 4 is 52.5 Å². The summed E-state index contributed by atoms with van der Waals surface area (Å²) < 4.78 is 10.8. The van der Waals surface area contributed by atoms with Crippen LogP contribution in [0.5, 0.6) is 11.5 Å². The van der Waals surface area contributed by atoms with Gasteiger partial charge in [0.25, 0.3) is 0 Å². The smallest absolute Gasteiger partial charge is 0.248 e. The third-order valence-electron chi connectivity index (χ3n) is 3.51. The number of benzene rings is 2. The van der Waals surface area contributed by atoms with Gasteiger partial charge in [0.1, 0.15) is 0 Å². The first-order valence-corrected chi connectivity index (χ1v) is 9.16. The average molecular weight is 423 g/mol. The summed E-state index contributed by atoms with van der Waals surface area (Å²) in [6.45, 7) is 3.67. The van der Waals surface area contributed by atoms with Crippen molar-refractivity contribution in [3.05, 3.63) is 52.0 Å². The molecule has 0 atom stereocenters. The molecule has 8 heteroatoms. The molecule has 0 aliphatic carbocycles. The molecule has 0 bridgehead atoms. The van der Waals surface area contributed by atoms with Gasteiger partial charge < -0.3 is 20.1 Å². The largest absolute Gasteiger partial charge is 0.491 e. The van der Waals surface area contributed by atoms with Crippen molar-refractivity contribution in [1.29, 1.82) is 0 Å². The summed E-state index contributed by atoms with van der Waals surface area (Å²) in [6.07, 6.45) is 2.93. The van der Waals surface area contributed by atoms with Crippen LogP contribution in [-0.4, -0.2) is 25.5 Å². The van der Waals surface area contributed by atoms with Crippen LogP contribution in [-0.2, 0) is 9.59 Å². The van der Waals surface area contributed by atoms with E-state index in [0.717, 1.165) is 0 Å². The SMILES string of the molecule is CCOc1cc(/C=C/C(=O)Nc2cc(Cl)ccc2NC(C)=O)cc(Cl)c1OC. The van der Waals surface area contributed by atoms with Crippen molar-refractivity contribution in [1.82, 2.24) is 0 Å². The Morgan fingerprint density at radius 1 is 1.11 bits per heavy atom. The molecule has 0 spiro atoms. The van der Waals surface area contributed by atoms with Crippen molar-refractivity contribution < 1.29 is 19.1 Å². The van der Waals surface area contributed by atoms with Gasteiger partial charge in [-0.1, -0.05) is 23.2 Å². The Morgan fingerprint density at radius 2 is 1.86 bits per heavy atom. The van der Waals surface area contributed by atoms with E-state index in [1.54, 1.807) is 36.4 Å². The standard InChI is InChI=1S/C20H20Cl2N2O4/c1-4-28-18-10-13(9-15(22)20(18)27-3)5-8-19(26)24-17-11-14(21)6-7-16(17)23-12(2)25/h5-11H,4H2,1-3H3,(H,23,25)(H,24,26)/b8-5+. The van der Waals surface area contributed by atoms with E-state index in [0.29, 0.717) is 45.1 Å². The van der Waals surface area contributed by atoms with Crippen molar-refractivity contribution in [2.45, 2.75) is 13.8 Å². The van der Waals surface area contributed by atoms with E-state index < -0.39 is 5.91 Å². The Kier molecular flexibility index (Phi) is 7.72. The third-order valence-corrected chi connectivity index (χ3v) is 4.03. The van der Waals surface area contributed by atoms with Crippen molar-refractivity contribution in [2.75, 3.05) is 24.4 Å². The zero-order chi connectivity index (χ0) is 20.7. The second kappa shape index (κ2) is 10.0. The molecule has 0 saturated heterocycles.